The van der Waals surface area contributed by atoms with E-state index in [1.807, 2.05) is 0 Å². The Balaban J connectivity index is 2.54. The molecular formula is C27H31Cl2N3O6. The lowest BCUT2D eigenvalue weighted by Gasteiger charge is -2.26. The second kappa shape index (κ2) is 12.9. The van der Waals surface area contributed by atoms with E-state index in [9.17, 15) is 24.0 Å². The third-order valence-corrected chi connectivity index (χ3v) is 6.33. The summed E-state index contributed by atoms with van der Waals surface area (Å²) in [6.45, 7) is 6.36. The van der Waals surface area contributed by atoms with Crippen LogP contribution in [-0.2, 0) is 30.5 Å². The van der Waals surface area contributed by atoms with E-state index in [1.165, 1.54) is 34.9 Å². The van der Waals surface area contributed by atoms with Gasteiger partial charge in [-0.1, -0.05) is 36.2 Å². The van der Waals surface area contributed by atoms with E-state index in [4.69, 9.17) is 27.9 Å². The average Bonchev–Trinajstić information content (AvgIpc) is 2.83. The monoisotopic (exact) mass is 563 g/mol. The number of ether oxygens (including phenoxy) is 1. The predicted molar refractivity (Wildman–Crippen MR) is 147 cm³/mol. The summed E-state index contributed by atoms with van der Waals surface area (Å²) < 4.78 is 5.23. The minimum absolute atomic E-state index is 0.0718. The fourth-order valence-corrected chi connectivity index (χ4v) is 3.57. The number of Topliss-reactive ketones (excluding diaryl/α,β-unsaturated/α-hetero) is 1. The number of anilines is 2. The molecule has 0 aliphatic carbocycles. The molecule has 1 N–H and O–H groups in total. The molecule has 0 atom stereocenters. The number of nitrogens with zero attached hydrogens (tertiary/aromatic N) is 2. The SMILES string of the molecule is CCC(C)(C)OC(=O)C(=O)CC(=O)N(Cc1ccc(Cl)c(Cl)c1)c1cc(NC(C)=O)cc(C(=O)N(C)C)c1. The van der Waals surface area contributed by atoms with Crippen LogP contribution in [0.3, 0.4) is 0 Å². The molecule has 38 heavy (non-hydrogen) atoms. The highest BCUT2D eigenvalue weighted by Gasteiger charge is 2.29. The van der Waals surface area contributed by atoms with Gasteiger partial charge in [0.1, 0.15) is 5.60 Å². The largest absolute Gasteiger partial charge is 0.454 e. The van der Waals surface area contributed by atoms with Crippen LogP contribution in [0.4, 0.5) is 11.4 Å². The van der Waals surface area contributed by atoms with Gasteiger partial charge in [-0.25, -0.2) is 4.79 Å². The average molecular weight is 564 g/mol. The Hall–Kier alpha value is -3.43. The zero-order valence-corrected chi connectivity index (χ0v) is 23.7. The van der Waals surface area contributed by atoms with Gasteiger partial charge in [-0.05, 0) is 56.2 Å². The summed E-state index contributed by atoms with van der Waals surface area (Å²) in [5.74, 6) is -3.62. The fraction of sp³-hybridized carbons (Fsp3) is 0.370. The molecule has 0 saturated heterocycles. The Morgan fingerprint density at radius 3 is 2.18 bits per heavy atom. The summed E-state index contributed by atoms with van der Waals surface area (Å²) in [5, 5.41) is 3.19. The lowest BCUT2D eigenvalue weighted by molar-refractivity contribution is -0.164. The smallest absolute Gasteiger partial charge is 0.375 e. The number of benzene rings is 2. The molecule has 2 aromatic rings. The summed E-state index contributed by atoms with van der Waals surface area (Å²) in [6.07, 6.45) is -0.302. The number of rotatable bonds is 10. The van der Waals surface area contributed by atoms with Gasteiger partial charge in [0.15, 0.2) is 0 Å². The van der Waals surface area contributed by atoms with E-state index in [0.717, 1.165) is 0 Å². The van der Waals surface area contributed by atoms with Crippen molar-refractivity contribution in [2.45, 2.75) is 52.7 Å². The third kappa shape index (κ3) is 8.56. The van der Waals surface area contributed by atoms with E-state index in [1.54, 1.807) is 53.1 Å². The normalized spacial score (nSPS) is 10.9. The van der Waals surface area contributed by atoms with E-state index in [2.05, 4.69) is 5.32 Å². The molecule has 11 heteroatoms. The van der Waals surface area contributed by atoms with Crippen molar-refractivity contribution in [1.82, 2.24) is 4.90 Å². The van der Waals surface area contributed by atoms with Gasteiger partial charge in [0, 0.05) is 38.0 Å². The highest BCUT2D eigenvalue weighted by atomic mass is 35.5. The predicted octanol–water partition coefficient (Wildman–Crippen LogP) is 4.88. The van der Waals surface area contributed by atoms with Crippen LogP contribution in [0.5, 0.6) is 0 Å². The van der Waals surface area contributed by atoms with Crippen molar-refractivity contribution in [3.63, 3.8) is 0 Å². The summed E-state index contributed by atoms with van der Waals surface area (Å²) in [5.41, 5.74) is 0.373. The number of amides is 3. The van der Waals surface area contributed by atoms with Gasteiger partial charge in [-0.3, -0.25) is 19.2 Å². The minimum Gasteiger partial charge on any atom is -0.454 e. The number of esters is 1. The van der Waals surface area contributed by atoms with Crippen LogP contribution in [0.1, 0.15) is 56.5 Å². The number of carbonyl (C=O) groups is 5. The van der Waals surface area contributed by atoms with Gasteiger partial charge in [-0.15, -0.1) is 0 Å². The van der Waals surface area contributed by atoms with Crippen molar-refractivity contribution >= 4 is 64.1 Å². The molecule has 2 aromatic carbocycles. The van der Waals surface area contributed by atoms with Gasteiger partial charge in [-0.2, -0.15) is 0 Å². The maximum Gasteiger partial charge on any atom is 0.375 e. The number of halogens is 2. The molecule has 0 radical (unpaired) electrons. The van der Waals surface area contributed by atoms with Gasteiger partial charge >= 0.3 is 5.97 Å². The first-order chi connectivity index (χ1) is 17.6. The molecule has 0 aliphatic rings. The van der Waals surface area contributed by atoms with Crippen LogP contribution >= 0.6 is 23.2 Å². The maximum absolute atomic E-state index is 13.5. The quantitative estimate of drug-likeness (QED) is 0.250. The van der Waals surface area contributed by atoms with E-state index < -0.39 is 29.7 Å². The molecule has 0 bridgehead atoms. The Bertz CT molecular complexity index is 1260. The van der Waals surface area contributed by atoms with Crippen molar-refractivity contribution in [3.05, 3.63) is 57.6 Å². The summed E-state index contributed by atoms with van der Waals surface area (Å²) >= 11 is 12.2. The Morgan fingerprint density at radius 2 is 1.63 bits per heavy atom. The van der Waals surface area contributed by atoms with Crippen LogP contribution in [0, 0.1) is 0 Å². The standard InChI is InChI=1S/C27H31Cl2N3O6/c1-7-27(3,4)38-26(37)23(34)14-24(35)32(15-17-8-9-21(28)22(29)10-17)20-12-18(25(36)31(5)6)11-19(13-20)30-16(2)33/h8-13H,7,14-15H2,1-6H3,(H,30,33). The van der Waals surface area contributed by atoms with Crippen LogP contribution in [0.25, 0.3) is 0 Å². The molecule has 0 unspecified atom stereocenters. The van der Waals surface area contributed by atoms with Crippen LogP contribution < -0.4 is 10.2 Å². The Morgan fingerprint density at radius 1 is 0.974 bits per heavy atom. The van der Waals surface area contributed by atoms with Crippen molar-refractivity contribution in [2.75, 3.05) is 24.3 Å². The molecule has 0 fully saturated rings. The first kappa shape index (κ1) is 30.8. The Labute approximate surface area is 232 Å². The molecule has 9 nitrogen and oxygen atoms in total. The molecule has 0 saturated carbocycles. The molecule has 0 heterocycles. The van der Waals surface area contributed by atoms with Crippen molar-refractivity contribution < 1.29 is 28.7 Å². The van der Waals surface area contributed by atoms with Crippen molar-refractivity contribution in [3.8, 4) is 0 Å². The molecule has 2 rings (SSSR count). The number of hydrogen-bond acceptors (Lipinski definition) is 6. The maximum atomic E-state index is 13.5. The second-order valence-corrected chi connectivity index (χ2v) is 10.3. The molecular weight excluding hydrogens is 533 g/mol. The molecule has 0 spiro atoms. The van der Waals surface area contributed by atoms with E-state index in [-0.39, 0.29) is 40.3 Å². The number of ketones is 1. The number of carbonyl (C=O) groups excluding carboxylic acids is 5. The lowest BCUT2D eigenvalue weighted by Crippen LogP contribution is -2.36. The highest BCUT2D eigenvalue weighted by molar-refractivity contribution is 6.42. The Kier molecular flexibility index (Phi) is 10.4. The number of hydrogen-bond donors (Lipinski definition) is 1. The third-order valence-electron chi connectivity index (χ3n) is 5.59. The van der Waals surface area contributed by atoms with Gasteiger partial charge in [0.25, 0.3) is 5.91 Å². The zero-order valence-electron chi connectivity index (χ0n) is 22.2. The van der Waals surface area contributed by atoms with Crippen molar-refractivity contribution in [2.24, 2.45) is 0 Å². The van der Waals surface area contributed by atoms with E-state index in [0.29, 0.717) is 17.0 Å². The topological polar surface area (TPSA) is 113 Å². The number of nitrogens with one attached hydrogen (secondary N) is 1. The summed E-state index contributed by atoms with van der Waals surface area (Å²) in [4.78, 5) is 65.5. The fourth-order valence-electron chi connectivity index (χ4n) is 3.25. The summed E-state index contributed by atoms with van der Waals surface area (Å²) in [6, 6.07) is 9.21. The molecule has 3 amide bonds. The lowest BCUT2D eigenvalue weighted by atomic mass is 10.1. The van der Waals surface area contributed by atoms with Crippen LogP contribution in [0.2, 0.25) is 10.0 Å². The zero-order chi connectivity index (χ0) is 28.8. The highest BCUT2D eigenvalue weighted by Crippen LogP contribution is 2.28. The first-order valence-corrected chi connectivity index (χ1v) is 12.5. The van der Waals surface area contributed by atoms with Gasteiger partial charge < -0.3 is 19.9 Å². The summed E-state index contributed by atoms with van der Waals surface area (Å²) in [7, 11) is 3.13. The first-order valence-electron chi connectivity index (χ1n) is 11.8. The minimum atomic E-state index is -1.12. The van der Waals surface area contributed by atoms with E-state index >= 15 is 0 Å². The molecule has 0 aliphatic heterocycles. The van der Waals surface area contributed by atoms with Gasteiger partial charge in [0.2, 0.25) is 17.6 Å². The molecule has 0 aromatic heterocycles. The second-order valence-electron chi connectivity index (χ2n) is 9.48. The van der Waals surface area contributed by atoms with Crippen LogP contribution in [0.15, 0.2) is 36.4 Å². The van der Waals surface area contributed by atoms with Gasteiger partial charge in [0.05, 0.1) is 23.0 Å². The van der Waals surface area contributed by atoms with Crippen LogP contribution in [-0.4, -0.2) is 54.1 Å². The molecule has 204 valence electrons. The van der Waals surface area contributed by atoms with Crippen molar-refractivity contribution in [1.29, 1.82) is 0 Å².